The molecule has 0 bridgehead atoms. The zero-order valence-electron chi connectivity index (χ0n) is 20.0. The van der Waals surface area contributed by atoms with Gasteiger partial charge in [0.2, 0.25) is 5.91 Å². The number of carbonyl (C=O) groups is 2. The van der Waals surface area contributed by atoms with Crippen molar-refractivity contribution in [1.29, 1.82) is 0 Å². The molecule has 2 amide bonds. The summed E-state index contributed by atoms with van der Waals surface area (Å²) in [6.07, 6.45) is 3.85. The standard InChI is InChI=1S/C27H34N2O5/c1-4-14-34-24-11-10-21(17-25(24)32-3)18-29(19-23-9-6-15-33-23)26(30)12-13-28-27(31)22-8-5-7-20(2)16-22/h4-5,7-8,10-11,16-17,23H,1,6,9,12-15,18-19H2,2-3H3,(H,28,31). The smallest absolute Gasteiger partial charge is 0.251 e. The summed E-state index contributed by atoms with van der Waals surface area (Å²) in [6.45, 7) is 7.92. The molecular weight excluding hydrogens is 432 g/mol. The van der Waals surface area contributed by atoms with Crippen LogP contribution in [-0.4, -0.2) is 56.2 Å². The molecule has 7 heteroatoms. The van der Waals surface area contributed by atoms with E-state index in [-0.39, 0.29) is 30.9 Å². The lowest BCUT2D eigenvalue weighted by Crippen LogP contribution is -2.38. The number of carbonyl (C=O) groups excluding carboxylic acids is 2. The third-order valence-corrected chi connectivity index (χ3v) is 5.66. The van der Waals surface area contributed by atoms with Crippen LogP contribution in [0.3, 0.4) is 0 Å². The van der Waals surface area contributed by atoms with Gasteiger partial charge in [-0.15, -0.1) is 0 Å². The van der Waals surface area contributed by atoms with Crippen LogP contribution in [0, 0.1) is 6.92 Å². The van der Waals surface area contributed by atoms with Crippen molar-refractivity contribution in [2.24, 2.45) is 0 Å². The molecule has 0 aliphatic carbocycles. The summed E-state index contributed by atoms with van der Waals surface area (Å²) in [5.74, 6) is 1.02. The fraction of sp³-hybridized carbons (Fsp3) is 0.407. The number of nitrogens with zero attached hydrogens (tertiary/aromatic N) is 1. The monoisotopic (exact) mass is 466 g/mol. The highest BCUT2D eigenvalue weighted by atomic mass is 16.5. The van der Waals surface area contributed by atoms with Gasteiger partial charge in [-0.2, -0.15) is 0 Å². The maximum Gasteiger partial charge on any atom is 0.251 e. The molecule has 0 aromatic heterocycles. The van der Waals surface area contributed by atoms with E-state index < -0.39 is 0 Å². The van der Waals surface area contributed by atoms with Gasteiger partial charge in [-0.1, -0.05) is 36.4 Å². The van der Waals surface area contributed by atoms with Crippen LogP contribution in [0.4, 0.5) is 0 Å². The van der Waals surface area contributed by atoms with Crippen LogP contribution in [0.1, 0.15) is 40.7 Å². The van der Waals surface area contributed by atoms with Crippen LogP contribution in [0.5, 0.6) is 11.5 Å². The second-order valence-corrected chi connectivity index (χ2v) is 8.37. The van der Waals surface area contributed by atoms with Crippen LogP contribution in [0.25, 0.3) is 0 Å². The Bertz CT molecular complexity index is 985. The molecule has 3 rings (SSSR count). The first-order chi connectivity index (χ1) is 16.5. The normalized spacial score (nSPS) is 14.9. The second-order valence-electron chi connectivity index (χ2n) is 8.37. The van der Waals surface area contributed by atoms with Crippen molar-refractivity contribution < 1.29 is 23.8 Å². The molecule has 1 N–H and O–H groups in total. The first kappa shape index (κ1) is 25.3. The van der Waals surface area contributed by atoms with Crippen molar-refractivity contribution in [2.75, 3.05) is 33.4 Å². The topological polar surface area (TPSA) is 77.1 Å². The van der Waals surface area contributed by atoms with Gasteiger partial charge >= 0.3 is 0 Å². The number of ether oxygens (including phenoxy) is 3. The van der Waals surface area contributed by atoms with Crippen LogP contribution in [-0.2, 0) is 16.1 Å². The van der Waals surface area contributed by atoms with Gasteiger partial charge in [-0.3, -0.25) is 9.59 Å². The van der Waals surface area contributed by atoms with Gasteiger partial charge in [-0.25, -0.2) is 0 Å². The molecule has 7 nitrogen and oxygen atoms in total. The number of nitrogens with one attached hydrogen (secondary N) is 1. The minimum atomic E-state index is -0.179. The summed E-state index contributed by atoms with van der Waals surface area (Å²) in [7, 11) is 1.59. The molecule has 0 spiro atoms. The molecule has 1 atom stereocenters. The molecule has 1 unspecified atom stereocenters. The average Bonchev–Trinajstić information content (AvgIpc) is 3.35. The summed E-state index contributed by atoms with van der Waals surface area (Å²) < 4.78 is 16.9. The first-order valence-electron chi connectivity index (χ1n) is 11.6. The molecule has 34 heavy (non-hydrogen) atoms. The average molecular weight is 467 g/mol. The Balaban J connectivity index is 1.63. The van der Waals surface area contributed by atoms with Gasteiger partial charge in [0, 0.05) is 38.2 Å². The molecule has 1 aliphatic rings. The molecule has 1 saturated heterocycles. The van der Waals surface area contributed by atoms with Crippen LogP contribution in [0.15, 0.2) is 55.1 Å². The van der Waals surface area contributed by atoms with Crippen molar-refractivity contribution in [3.8, 4) is 11.5 Å². The second kappa shape index (κ2) is 12.8. The molecule has 0 radical (unpaired) electrons. The van der Waals surface area contributed by atoms with Crippen LogP contribution < -0.4 is 14.8 Å². The molecule has 0 saturated carbocycles. The lowest BCUT2D eigenvalue weighted by Gasteiger charge is -2.26. The molecular formula is C27H34N2O5. The van der Waals surface area contributed by atoms with Crippen LogP contribution in [0.2, 0.25) is 0 Å². The van der Waals surface area contributed by atoms with E-state index >= 15 is 0 Å². The predicted molar refractivity (Wildman–Crippen MR) is 131 cm³/mol. The third kappa shape index (κ3) is 7.35. The Hall–Kier alpha value is -3.32. The molecule has 1 fully saturated rings. The first-order valence-corrected chi connectivity index (χ1v) is 11.6. The van der Waals surface area contributed by atoms with E-state index in [1.54, 1.807) is 24.2 Å². The van der Waals surface area contributed by atoms with Crippen molar-refractivity contribution in [1.82, 2.24) is 10.2 Å². The number of aryl methyl sites for hydroxylation is 1. The van der Waals surface area contributed by atoms with E-state index in [2.05, 4.69) is 11.9 Å². The lowest BCUT2D eigenvalue weighted by atomic mass is 10.1. The quantitative estimate of drug-likeness (QED) is 0.480. The van der Waals surface area contributed by atoms with E-state index in [1.807, 2.05) is 43.3 Å². The number of benzene rings is 2. The molecule has 2 aromatic carbocycles. The van der Waals surface area contributed by atoms with Gasteiger partial charge < -0.3 is 24.4 Å². The Labute approximate surface area is 201 Å². The van der Waals surface area contributed by atoms with E-state index in [9.17, 15) is 9.59 Å². The van der Waals surface area contributed by atoms with Crippen molar-refractivity contribution in [2.45, 2.75) is 38.8 Å². The highest BCUT2D eigenvalue weighted by Crippen LogP contribution is 2.29. The van der Waals surface area contributed by atoms with Crippen molar-refractivity contribution in [3.05, 3.63) is 71.8 Å². The fourth-order valence-electron chi connectivity index (χ4n) is 3.92. The summed E-state index contributed by atoms with van der Waals surface area (Å²) >= 11 is 0. The van der Waals surface area contributed by atoms with E-state index in [0.29, 0.717) is 36.8 Å². The highest BCUT2D eigenvalue weighted by Gasteiger charge is 2.23. The summed E-state index contributed by atoms with van der Waals surface area (Å²) in [6, 6.07) is 13.0. The minimum Gasteiger partial charge on any atom is -0.493 e. The van der Waals surface area contributed by atoms with Crippen molar-refractivity contribution in [3.63, 3.8) is 0 Å². The Morgan fingerprint density at radius 1 is 1.24 bits per heavy atom. The largest absolute Gasteiger partial charge is 0.493 e. The summed E-state index contributed by atoms with van der Waals surface area (Å²) in [5.41, 5.74) is 2.54. The van der Waals surface area contributed by atoms with Gasteiger partial charge in [-0.05, 0) is 49.6 Å². The minimum absolute atomic E-state index is 0.0305. The van der Waals surface area contributed by atoms with E-state index in [1.165, 1.54) is 0 Å². The maximum atomic E-state index is 13.1. The lowest BCUT2D eigenvalue weighted by molar-refractivity contribution is -0.133. The number of hydrogen-bond acceptors (Lipinski definition) is 5. The van der Waals surface area contributed by atoms with Gasteiger partial charge in [0.1, 0.15) is 6.61 Å². The summed E-state index contributed by atoms with van der Waals surface area (Å²) in [5, 5.41) is 2.85. The Kier molecular flexibility index (Phi) is 9.52. The zero-order valence-corrected chi connectivity index (χ0v) is 20.0. The SMILES string of the molecule is C=CCOc1ccc(CN(CC2CCCO2)C(=O)CCNC(=O)c2cccc(C)c2)cc1OC. The molecule has 1 heterocycles. The molecule has 1 aliphatic heterocycles. The maximum absolute atomic E-state index is 13.1. The number of methoxy groups -OCH3 is 1. The van der Waals surface area contributed by atoms with Crippen molar-refractivity contribution >= 4 is 11.8 Å². The highest BCUT2D eigenvalue weighted by molar-refractivity contribution is 5.94. The Morgan fingerprint density at radius 2 is 2.09 bits per heavy atom. The predicted octanol–water partition coefficient (Wildman–Crippen LogP) is 3.90. The zero-order chi connectivity index (χ0) is 24.3. The molecule has 182 valence electrons. The van der Waals surface area contributed by atoms with E-state index in [0.717, 1.165) is 30.6 Å². The summed E-state index contributed by atoms with van der Waals surface area (Å²) in [4.78, 5) is 27.3. The van der Waals surface area contributed by atoms with Gasteiger partial charge in [0.15, 0.2) is 11.5 Å². The number of amides is 2. The molecule has 2 aromatic rings. The number of hydrogen-bond donors (Lipinski definition) is 1. The van der Waals surface area contributed by atoms with Gasteiger partial charge in [0.25, 0.3) is 5.91 Å². The van der Waals surface area contributed by atoms with Gasteiger partial charge in [0.05, 0.1) is 13.2 Å². The van der Waals surface area contributed by atoms with Crippen LogP contribution >= 0.6 is 0 Å². The fourth-order valence-corrected chi connectivity index (χ4v) is 3.92. The third-order valence-electron chi connectivity index (χ3n) is 5.66. The van der Waals surface area contributed by atoms with E-state index in [4.69, 9.17) is 14.2 Å². The Morgan fingerprint density at radius 3 is 2.79 bits per heavy atom. The number of rotatable bonds is 12.